The number of hydrogen-bond acceptors (Lipinski definition) is 5. The zero-order valence-electron chi connectivity index (χ0n) is 18.0. The van der Waals surface area contributed by atoms with Crippen LogP contribution in [0.3, 0.4) is 0 Å². The predicted octanol–water partition coefficient (Wildman–Crippen LogP) is 3.09. The number of rotatable bonds is 9. The summed E-state index contributed by atoms with van der Waals surface area (Å²) in [7, 11) is 0.0363. The molecule has 0 spiro atoms. The number of nitrogens with zero attached hydrogens (tertiary/aromatic N) is 3. The highest BCUT2D eigenvalue weighted by Gasteiger charge is 2.26. The molecule has 0 saturated carbocycles. The number of carbonyl (C=O) groups excluding carboxylic acids is 1. The first-order valence-electron chi connectivity index (χ1n) is 10.0. The molecule has 3 aromatic carbocycles. The minimum absolute atomic E-state index is 0.0706. The molecule has 0 aliphatic rings. The van der Waals surface area contributed by atoms with E-state index in [1.807, 2.05) is 73.6 Å². The molecule has 0 heterocycles. The normalized spacial score (nSPS) is 11.6. The summed E-state index contributed by atoms with van der Waals surface area (Å²) in [4.78, 5) is 14.6. The minimum atomic E-state index is -3.87. The minimum Gasteiger partial charge on any atom is -0.378 e. The van der Waals surface area contributed by atoms with Crippen molar-refractivity contribution in [3.8, 4) is 0 Å². The molecule has 3 aromatic rings. The molecule has 0 aliphatic carbocycles. The molecule has 7 nitrogen and oxygen atoms in total. The van der Waals surface area contributed by atoms with Crippen molar-refractivity contribution in [3.05, 3.63) is 96.1 Å². The van der Waals surface area contributed by atoms with Gasteiger partial charge in [0.15, 0.2) is 0 Å². The molecular formula is C24H26N4O3S. The Hall–Kier alpha value is -3.49. The number of hydrazone groups is 1. The van der Waals surface area contributed by atoms with Crippen LogP contribution >= 0.6 is 0 Å². The lowest BCUT2D eigenvalue weighted by atomic mass is 10.2. The maximum absolute atomic E-state index is 13.2. The molecule has 1 N–H and O–H groups in total. The summed E-state index contributed by atoms with van der Waals surface area (Å²) in [6, 6.07) is 24.9. The van der Waals surface area contributed by atoms with Gasteiger partial charge < -0.3 is 4.90 Å². The Morgan fingerprint density at radius 3 is 2.09 bits per heavy atom. The van der Waals surface area contributed by atoms with Gasteiger partial charge >= 0.3 is 0 Å². The van der Waals surface area contributed by atoms with Gasteiger partial charge in [-0.05, 0) is 35.4 Å². The molecule has 0 fully saturated rings. The van der Waals surface area contributed by atoms with Crippen LogP contribution in [0, 0.1) is 0 Å². The number of amides is 1. The average molecular weight is 451 g/mol. The van der Waals surface area contributed by atoms with E-state index in [1.165, 1.54) is 18.3 Å². The van der Waals surface area contributed by atoms with Crippen molar-refractivity contribution in [2.45, 2.75) is 11.4 Å². The molecule has 3 rings (SSSR count). The van der Waals surface area contributed by atoms with Gasteiger partial charge in [0, 0.05) is 26.3 Å². The van der Waals surface area contributed by atoms with Crippen molar-refractivity contribution in [1.82, 2.24) is 9.73 Å². The number of benzene rings is 3. The Morgan fingerprint density at radius 2 is 1.50 bits per heavy atom. The maximum Gasteiger partial charge on any atom is 0.255 e. The zero-order valence-corrected chi connectivity index (χ0v) is 18.9. The van der Waals surface area contributed by atoms with Crippen LogP contribution < -0.4 is 10.3 Å². The molecule has 0 atom stereocenters. The van der Waals surface area contributed by atoms with Crippen LogP contribution in [0.25, 0.3) is 0 Å². The molecular weight excluding hydrogens is 424 g/mol. The van der Waals surface area contributed by atoms with Gasteiger partial charge in [-0.2, -0.15) is 9.41 Å². The lowest BCUT2D eigenvalue weighted by molar-refractivity contribution is -0.121. The van der Waals surface area contributed by atoms with Crippen LogP contribution in [0.5, 0.6) is 0 Å². The second-order valence-corrected chi connectivity index (χ2v) is 9.29. The number of anilines is 1. The zero-order chi connectivity index (χ0) is 23.0. The molecule has 0 aromatic heterocycles. The highest BCUT2D eigenvalue weighted by atomic mass is 32.2. The highest BCUT2D eigenvalue weighted by Crippen LogP contribution is 2.18. The lowest BCUT2D eigenvalue weighted by Crippen LogP contribution is -2.39. The molecule has 0 unspecified atom stereocenters. The summed E-state index contributed by atoms with van der Waals surface area (Å²) < 4.78 is 27.5. The largest absolute Gasteiger partial charge is 0.378 e. The van der Waals surface area contributed by atoms with E-state index in [4.69, 9.17) is 0 Å². The Balaban J connectivity index is 1.71. The van der Waals surface area contributed by atoms with Crippen LogP contribution in [-0.4, -0.2) is 45.5 Å². The molecule has 166 valence electrons. The fourth-order valence-electron chi connectivity index (χ4n) is 2.99. The molecule has 8 heteroatoms. The Labute approximate surface area is 189 Å². The van der Waals surface area contributed by atoms with E-state index >= 15 is 0 Å². The molecule has 0 bridgehead atoms. The van der Waals surface area contributed by atoms with Gasteiger partial charge in [0.2, 0.25) is 10.0 Å². The quantitative estimate of drug-likeness (QED) is 0.401. The van der Waals surface area contributed by atoms with Gasteiger partial charge in [-0.1, -0.05) is 60.7 Å². The lowest BCUT2D eigenvalue weighted by Gasteiger charge is -2.21. The summed E-state index contributed by atoms with van der Waals surface area (Å²) in [5.41, 5.74) is 5.07. The summed E-state index contributed by atoms with van der Waals surface area (Å²) in [6.07, 6.45) is 1.52. The van der Waals surface area contributed by atoms with Crippen molar-refractivity contribution in [2.24, 2.45) is 5.10 Å². The van der Waals surface area contributed by atoms with E-state index in [0.717, 1.165) is 21.1 Å². The van der Waals surface area contributed by atoms with Crippen LogP contribution in [-0.2, 0) is 21.4 Å². The van der Waals surface area contributed by atoms with Crippen LogP contribution in [0.15, 0.2) is 94.9 Å². The van der Waals surface area contributed by atoms with Crippen LogP contribution in [0.1, 0.15) is 11.1 Å². The third kappa shape index (κ3) is 6.26. The highest BCUT2D eigenvalue weighted by molar-refractivity contribution is 7.89. The smallest absolute Gasteiger partial charge is 0.255 e. The van der Waals surface area contributed by atoms with E-state index < -0.39 is 15.9 Å². The third-order valence-electron chi connectivity index (χ3n) is 4.72. The fourth-order valence-corrected chi connectivity index (χ4v) is 4.39. The summed E-state index contributed by atoms with van der Waals surface area (Å²) in [5, 5.41) is 3.97. The van der Waals surface area contributed by atoms with Gasteiger partial charge in [0.05, 0.1) is 17.7 Å². The topological polar surface area (TPSA) is 82.1 Å². The van der Waals surface area contributed by atoms with Gasteiger partial charge in [-0.15, -0.1) is 0 Å². The first-order chi connectivity index (χ1) is 15.4. The first kappa shape index (κ1) is 23.2. The van der Waals surface area contributed by atoms with E-state index in [-0.39, 0.29) is 18.0 Å². The average Bonchev–Trinajstić information content (AvgIpc) is 2.80. The summed E-state index contributed by atoms with van der Waals surface area (Å²) >= 11 is 0. The fraction of sp³-hybridized carbons (Fsp3) is 0.167. The van der Waals surface area contributed by atoms with E-state index in [2.05, 4.69) is 10.5 Å². The predicted molar refractivity (Wildman–Crippen MR) is 127 cm³/mol. The van der Waals surface area contributed by atoms with E-state index in [0.29, 0.717) is 0 Å². The van der Waals surface area contributed by atoms with Crippen molar-refractivity contribution >= 4 is 27.8 Å². The van der Waals surface area contributed by atoms with Gasteiger partial charge in [-0.3, -0.25) is 4.79 Å². The summed E-state index contributed by atoms with van der Waals surface area (Å²) in [5.74, 6) is -0.526. The van der Waals surface area contributed by atoms with E-state index in [9.17, 15) is 13.2 Å². The Morgan fingerprint density at radius 1 is 0.906 bits per heavy atom. The Bertz CT molecular complexity index is 1150. The number of sulfonamides is 1. The molecule has 0 aliphatic heterocycles. The SMILES string of the molecule is CN(C)c1ccc(/C=N/NC(=O)CN(Cc2ccccc2)S(=O)(=O)c2ccccc2)cc1. The third-order valence-corrected chi connectivity index (χ3v) is 6.52. The van der Waals surface area contributed by atoms with Crippen LogP contribution in [0.4, 0.5) is 5.69 Å². The molecule has 0 radical (unpaired) electrons. The van der Waals surface area contributed by atoms with Crippen molar-refractivity contribution in [1.29, 1.82) is 0 Å². The van der Waals surface area contributed by atoms with Gasteiger partial charge in [0.25, 0.3) is 5.91 Å². The second kappa shape index (κ2) is 10.7. The first-order valence-corrected chi connectivity index (χ1v) is 11.5. The number of nitrogens with one attached hydrogen (secondary N) is 1. The second-order valence-electron chi connectivity index (χ2n) is 7.35. The molecule has 1 amide bonds. The maximum atomic E-state index is 13.2. The number of carbonyl (C=O) groups is 1. The van der Waals surface area contributed by atoms with Crippen molar-refractivity contribution in [2.75, 3.05) is 25.5 Å². The van der Waals surface area contributed by atoms with Crippen LogP contribution in [0.2, 0.25) is 0 Å². The molecule has 0 saturated heterocycles. The van der Waals surface area contributed by atoms with E-state index in [1.54, 1.807) is 18.2 Å². The van der Waals surface area contributed by atoms with Gasteiger partial charge in [0.1, 0.15) is 0 Å². The van der Waals surface area contributed by atoms with Gasteiger partial charge in [-0.25, -0.2) is 13.8 Å². The monoisotopic (exact) mass is 450 g/mol. The van der Waals surface area contributed by atoms with Crippen molar-refractivity contribution < 1.29 is 13.2 Å². The number of hydrogen-bond donors (Lipinski definition) is 1. The summed E-state index contributed by atoms with van der Waals surface area (Å²) in [6.45, 7) is -0.287. The van der Waals surface area contributed by atoms with Crippen molar-refractivity contribution in [3.63, 3.8) is 0 Å². The molecule has 32 heavy (non-hydrogen) atoms. The Kier molecular flexibility index (Phi) is 7.75. The standard InChI is InChI=1S/C24H26N4O3S/c1-27(2)22-15-13-20(14-16-22)17-25-26-24(29)19-28(18-21-9-5-3-6-10-21)32(30,31)23-11-7-4-8-12-23/h3-17H,18-19H2,1-2H3,(H,26,29)/b25-17+.